The second kappa shape index (κ2) is 5.20. The van der Waals surface area contributed by atoms with Crippen molar-refractivity contribution in [3.8, 4) is 0 Å². The summed E-state index contributed by atoms with van der Waals surface area (Å²) < 4.78 is 5.52. The minimum Gasteiger partial charge on any atom is -0.375 e. The first-order valence-corrected chi connectivity index (χ1v) is 5.35. The summed E-state index contributed by atoms with van der Waals surface area (Å²) in [5.74, 6) is 0. The first kappa shape index (κ1) is 11.3. The molecule has 1 heterocycles. The van der Waals surface area contributed by atoms with Crippen molar-refractivity contribution in [1.29, 1.82) is 0 Å². The second-order valence-corrected chi connectivity index (χ2v) is 3.69. The number of morpholine rings is 1. The quantitative estimate of drug-likeness (QED) is 0.728. The van der Waals surface area contributed by atoms with Crippen LogP contribution in [0, 0.1) is 0 Å². The number of hydrogen-bond donors (Lipinski definition) is 1. The lowest BCUT2D eigenvalue weighted by Crippen LogP contribution is -2.54. The maximum Gasteiger partial charge on any atom is 0.317 e. The molecule has 4 heteroatoms. The molecule has 1 aliphatic rings. The Morgan fingerprint density at radius 1 is 1.57 bits per heavy atom. The number of carbonyl (C=O) groups excluding carboxylic acids is 1. The van der Waals surface area contributed by atoms with Gasteiger partial charge in [0.25, 0.3) is 0 Å². The Morgan fingerprint density at radius 3 is 2.86 bits per heavy atom. The predicted octanol–water partition coefficient (Wildman–Crippen LogP) is 1.22. The molecule has 1 N–H and O–H groups in total. The number of urea groups is 1. The molecule has 0 aromatic rings. The van der Waals surface area contributed by atoms with Crippen molar-refractivity contribution in [2.45, 2.75) is 39.3 Å². The summed E-state index contributed by atoms with van der Waals surface area (Å²) >= 11 is 0. The van der Waals surface area contributed by atoms with E-state index in [-0.39, 0.29) is 18.2 Å². The smallest absolute Gasteiger partial charge is 0.317 e. The summed E-state index contributed by atoms with van der Waals surface area (Å²) in [6, 6.07) is 0.271. The molecule has 0 bridgehead atoms. The average molecular weight is 200 g/mol. The fraction of sp³-hybridized carbons (Fsp3) is 0.900. The van der Waals surface area contributed by atoms with Crippen LogP contribution in [0.25, 0.3) is 0 Å². The van der Waals surface area contributed by atoms with Crippen molar-refractivity contribution >= 4 is 6.03 Å². The van der Waals surface area contributed by atoms with Gasteiger partial charge in [0.2, 0.25) is 0 Å². The molecule has 0 saturated carbocycles. The summed E-state index contributed by atoms with van der Waals surface area (Å²) in [4.78, 5) is 13.6. The van der Waals surface area contributed by atoms with Crippen LogP contribution in [0.5, 0.6) is 0 Å². The van der Waals surface area contributed by atoms with E-state index >= 15 is 0 Å². The van der Waals surface area contributed by atoms with E-state index in [1.165, 1.54) is 0 Å². The van der Waals surface area contributed by atoms with E-state index in [0.29, 0.717) is 19.7 Å². The Balaban J connectivity index is 2.56. The molecule has 0 aliphatic carbocycles. The number of ether oxygens (including phenoxy) is 1. The third-order valence-corrected chi connectivity index (χ3v) is 2.53. The highest BCUT2D eigenvalue weighted by Gasteiger charge is 2.28. The van der Waals surface area contributed by atoms with Crippen LogP contribution in [-0.4, -0.2) is 42.8 Å². The van der Waals surface area contributed by atoms with E-state index in [4.69, 9.17) is 4.74 Å². The standard InChI is InChI=1S/C10H20N2O2/c1-4-9-7-14-8(3)6-12(9)10(13)11-5-2/h8-9H,4-7H2,1-3H3,(H,11,13). The molecule has 1 fully saturated rings. The van der Waals surface area contributed by atoms with Gasteiger partial charge in [0, 0.05) is 13.1 Å². The molecule has 82 valence electrons. The zero-order chi connectivity index (χ0) is 10.6. The lowest BCUT2D eigenvalue weighted by molar-refractivity contribution is -0.0377. The van der Waals surface area contributed by atoms with Crippen LogP contribution in [0.2, 0.25) is 0 Å². The van der Waals surface area contributed by atoms with Gasteiger partial charge in [-0.2, -0.15) is 0 Å². The van der Waals surface area contributed by atoms with Crippen molar-refractivity contribution in [1.82, 2.24) is 10.2 Å². The minimum absolute atomic E-state index is 0.0366. The topological polar surface area (TPSA) is 41.6 Å². The van der Waals surface area contributed by atoms with Crippen LogP contribution in [0.15, 0.2) is 0 Å². The lowest BCUT2D eigenvalue weighted by Gasteiger charge is -2.38. The predicted molar refractivity (Wildman–Crippen MR) is 55.3 cm³/mol. The van der Waals surface area contributed by atoms with Crippen molar-refractivity contribution in [2.75, 3.05) is 19.7 Å². The van der Waals surface area contributed by atoms with Crippen LogP contribution in [0.4, 0.5) is 4.79 Å². The fourth-order valence-corrected chi connectivity index (χ4v) is 1.68. The summed E-state index contributed by atoms with van der Waals surface area (Å²) in [7, 11) is 0. The molecule has 0 aromatic carbocycles. The van der Waals surface area contributed by atoms with Gasteiger partial charge < -0.3 is 15.0 Å². The van der Waals surface area contributed by atoms with Gasteiger partial charge in [-0.1, -0.05) is 6.92 Å². The second-order valence-electron chi connectivity index (χ2n) is 3.69. The van der Waals surface area contributed by atoms with E-state index in [9.17, 15) is 4.79 Å². The van der Waals surface area contributed by atoms with Crippen LogP contribution < -0.4 is 5.32 Å². The summed E-state index contributed by atoms with van der Waals surface area (Å²) in [6.07, 6.45) is 1.10. The van der Waals surface area contributed by atoms with Gasteiger partial charge in [0.15, 0.2) is 0 Å². The number of amides is 2. The maximum atomic E-state index is 11.7. The number of hydrogen-bond acceptors (Lipinski definition) is 2. The van der Waals surface area contributed by atoms with Gasteiger partial charge >= 0.3 is 6.03 Å². The first-order valence-electron chi connectivity index (χ1n) is 5.35. The van der Waals surface area contributed by atoms with Crippen molar-refractivity contribution in [3.05, 3.63) is 0 Å². The Hall–Kier alpha value is -0.770. The van der Waals surface area contributed by atoms with E-state index in [1.807, 2.05) is 18.7 Å². The molecule has 1 rings (SSSR count). The molecule has 0 aromatic heterocycles. The Kier molecular flexibility index (Phi) is 4.20. The molecular weight excluding hydrogens is 180 g/mol. The average Bonchev–Trinajstić information content (AvgIpc) is 2.18. The molecule has 14 heavy (non-hydrogen) atoms. The Bertz CT molecular complexity index is 197. The molecule has 0 radical (unpaired) electrons. The van der Waals surface area contributed by atoms with E-state index in [1.54, 1.807) is 0 Å². The fourth-order valence-electron chi connectivity index (χ4n) is 1.68. The monoisotopic (exact) mass is 200 g/mol. The minimum atomic E-state index is 0.0366. The van der Waals surface area contributed by atoms with Crippen LogP contribution >= 0.6 is 0 Å². The van der Waals surface area contributed by atoms with Gasteiger partial charge in [-0.25, -0.2) is 4.79 Å². The van der Waals surface area contributed by atoms with Gasteiger partial charge in [0.1, 0.15) is 0 Å². The van der Waals surface area contributed by atoms with Crippen LogP contribution in [0.3, 0.4) is 0 Å². The third kappa shape index (κ3) is 2.61. The number of rotatable bonds is 2. The van der Waals surface area contributed by atoms with E-state index < -0.39 is 0 Å². The highest BCUT2D eigenvalue weighted by atomic mass is 16.5. The number of nitrogens with one attached hydrogen (secondary N) is 1. The summed E-state index contributed by atoms with van der Waals surface area (Å²) in [5, 5.41) is 2.83. The summed E-state index contributed by atoms with van der Waals surface area (Å²) in [5.41, 5.74) is 0. The zero-order valence-electron chi connectivity index (χ0n) is 9.25. The van der Waals surface area contributed by atoms with Crippen molar-refractivity contribution < 1.29 is 9.53 Å². The molecular formula is C10H20N2O2. The molecule has 0 spiro atoms. The largest absolute Gasteiger partial charge is 0.375 e. The number of carbonyl (C=O) groups is 1. The maximum absolute atomic E-state index is 11.7. The van der Waals surface area contributed by atoms with Gasteiger partial charge in [-0.3, -0.25) is 0 Å². The third-order valence-electron chi connectivity index (χ3n) is 2.53. The molecule has 2 amide bonds. The van der Waals surface area contributed by atoms with Gasteiger partial charge in [0.05, 0.1) is 18.8 Å². The highest BCUT2D eigenvalue weighted by molar-refractivity contribution is 5.74. The summed E-state index contributed by atoms with van der Waals surface area (Å²) in [6.45, 7) is 8.05. The van der Waals surface area contributed by atoms with Crippen molar-refractivity contribution in [2.24, 2.45) is 0 Å². The Labute approximate surface area is 85.6 Å². The SMILES string of the molecule is CCNC(=O)N1CC(C)OCC1CC. The lowest BCUT2D eigenvalue weighted by atomic mass is 10.1. The molecule has 1 saturated heterocycles. The van der Waals surface area contributed by atoms with E-state index in [2.05, 4.69) is 12.2 Å². The van der Waals surface area contributed by atoms with Crippen molar-refractivity contribution in [3.63, 3.8) is 0 Å². The van der Waals surface area contributed by atoms with Crippen LogP contribution in [0.1, 0.15) is 27.2 Å². The highest BCUT2D eigenvalue weighted by Crippen LogP contribution is 2.14. The van der Waals surface area contributed by atoms with Gasteiger partial charge in [-0.15, -0.1) is 0 Å². The van der Waals surface area contributed by atoms with Crippen LogP contribution in [-0.2, 0) is 4.74 Å². The molecule has 2 atom stereocenters. The number of nitrogens with zero attached hydrogens (tertiary/aromatic N) is 1. The molecule has 1 aliphatic heterocycles. The van der Waals surface area contributed by atoms with E-state index in [0.717, 1.165) is 6.42 Å². The molecule has 2 unspecified atom stereocenters. The molecule has 4 nitrogen and oxygen atoms in total. The van der Waals surface area contributed by atoms with Gasteiger partial charge in [-0.05, 0) is 20.3 Å². The zero-order valence-corrected chi connectivity index (χ0v) is 9.25. The first-order chi connectivity index (χ1) is 6.69. The Morgan fingerprint density at radius 2 is 2.29 bits per heavy atom. The normalized spacial score (nSPS) is 27.5.